The van der Waals surface area contributed by atoms with E-state index in [0.29, 0.717) is 0 Å². The molecule has 13 rings (SSSR count). The number of hydrogen-bond acceptors (Lipinski definition) is 1. The fourth-order valence-electron chi connectivity index (χ4n) is 9.72. The molecular formula is C54H33N3O. The first-order chi connectivity index (χ1) is 28.8. The number of benzene rings is 9. The van der Waals surface area contributed by atoms with Crippen LogP contribution in [0.25, 0.3) is 116 Å². The summed E-state index contributed by atoms with van der Waals surface area (Å²) in [5.74, 6) is 0. The van der Waals surface area contributed by atoms with Crippen molar-refractivity contribution in [1.82, 2.24) is 13.7 Å². The Morgan fingerprint density at radius 2 is 0.724 bits per heavy atom. The largest absolute Gasteiger partial charge is 0.454 e. The third kappa shape index (κ3) is 4.29. The summed E-state index contributed by atoms with van der Waals surface area (Å²) >= 11 is 0. The summed E-state index contributed by atoms with van der Waals surface area (Å²) in [6.07, 6.45) is 0. The lowest BCUT2D eigenvalue weighted by Gasteiger charge is -2.12. The highest BCUT2D eigenvalue weighted by Gasteiger charge is 2.23. The Morgan fingerprint density at radius 3 is 1.40 bits per heavy atom. The van der Waals surface area contributed by atoms with Gasteiger partial charge in [0.15, 0.2) is 5.58 Å². The normalized spacial score (nSPS) is 12.1. The van der Waals surface area contributed by atoms with Gasteiger partial charge in [-0.15, -0.1) is 0 Å². The van der Waals surface area contributed by atoms with Crippen LogP contribution in [0.5, 0.6) is 0 Å². The van der Waals surface area contributed by atoms with E-state index in [4.69, 9.17) is 4.42 Å². The number of hydrogen-bond donors (Lipinski definition) is 0. The SMILES string of the molecule is c1ccc(-n2c3cc(-c4ccc5c(c4)c4ccc6c7ccccc7n(-c7ccccc7)c6c4n5-c4ccccc4)ccc3c3ccc4c5ccccc5oc4c32)cc1. The van der Waals surface area contributed by atoms with Crippen LogP contribution in [0.3, 0.4) is 0 Å². The molecule has 0 radical (unpaired) electrons. The summed E-state index contributed by atoms with van der Waals surface area (Å²) < 4.78 is 14.0. The van der Waals surface area contributed by atoms with E-state index in [1.54, 1.807) is 0 Å². The molecular weight excluding hydrogens is 707 g/mol. The average Bonchev–Trinajstić information content (AvgIpc) is 4.03. The third-order valence-corrected chi connectivity index (χ3v) is 12.2. The van der Waals surface area contributed by atoms with Crippen molar-refractivity contribution >= 4 is 87.4 Å². The fraction of sp³-hybridized carbons (Fsp3) is 0. The summed E-state index contributed by atoms with van der Waals surface area (Å²) in [6, 6.07) is 72.4. The van der Waals surface area contributed by atoms with Crippen molar-refractivity contribution in [1.29, 1.82) is 0 Å². The standard InChI is InChI=1S/C54H33N3O/c1-4-14-36(15-5-1)55-47-22-12-10-20-39(47)42-27-28-44-46-32-34(25-31-48(46)56(52(44)51(42)55)37-16-6-2-7-17-37)35-24-26-40-43-29-30-45-41-21-11-13-23-50(41)58-54(45)53(43)57(49(40)33-35)38-18-8-3-9-19-38/h1-33H. The minimum Gasteiger partial charge on any atom is -0.454 e. The second kappa shape index (κ2) is 11.8. The minimum atomic E-state index is 0.903. The molecule has 4 heterocycles. The Bertz CT molecular complexity index is 3770. The molecule has 0 bridgehead atoms. The number of rotatable bonds is 4. The van der Waals surface area contributed by atoms with Crippen LogP contribution in [0.4, 0.5) is 0 Å². The molecule has 0 aliphatic heterocycles. The lowest BCUT2D eigenvalue weighted by molar-refractivity contribution is 0.671. The predicted octanol–water partition coefficient (Wildman–Crippen LogP) is 14.5. The highest BCUT2D eigenvalue weighted by atomic mass is 16.3. The zero-order valence-corrected chi connectivity index (χ0v) is 31.3. The highest BCUT2D eigenvalue weighted by Crippen LogP contribution is 2.44. The number of fused-ring (bicyclic) bond motifs is 14. The quantitative estimate of drug-likeness (QED) is 0.177. The maximum Gasteiger partial charge on any atom is 0.160 e. The smallest absolute Gasteiger partial charge is 0.160 e. The van der Waals surface area contributed by atoms with E-state index >= 15 is 0 Å². The van der Waals surface area contributed by atoms with Gasteiger partial charge < -0.3 is 18.1 Å². The van der Waals surface area contributed by atoms with Crippen LogP contribution < -0.4 is 0 Å². The number of aromatic nitrogens is 3. The van der Waals surface area contributed by atoms with Gasteiger partial charge in [-0.25, -0.2) is 0 Å². The first-order valence-corrected chi connectivity index (χ1v) is 19.9. The molecule has 58 heavy (non-hydrogen) atoms. The molecule has 0 saturated heterocycles. The second-order valence-corrected chi connectivity index (χ2v) is 15.3. The van der Waals surface area contributed by atoms with Crippen LogP contribution in [0.2, 0.25) is 0 Å². The van der Waals surface area contributed by atoms with Crippen molar-refractivity contribution in [3.63, 3.8) is 0 Å². The van der Waals surface area contributed by atoms with Gasteiger partial charge in [0.05, 0.1) is 33.1 Å². The van der Waals surface area contributed by atoms with Gasteiger partial charge in [0.2, 0.25) is 0 Å². The summed E-state index contributed by atoms with van der Waals surface area (Å²) in [6.45, 7) is 0. The van der Waals surface area contributed by atoms with Gasteiger partial charge in [-0.1, -0.05) is 127 Å². The van der Waals surface area contributed by atoms with Crippen LogP contribution in [-0.2, 0) is 0 Å². The van der Waals surface area contributed by atoms with Gasteiger partial charge >= 0.3 is 0 Å². The molecule has 0 fully saturated rings. The van der Waals surface area contributed by atoms with Gasteiger partial charge in [-0.2, -0.15) is 0 Å². The highest BCUT2D eigenvalue weighted by molar-refractivity contribution is 6.25. The van der Waals surface area contributed by atoms with E-state index < -0.39 is 0 Å². The van der Waals surface area contributed by atoms with E-state index in [1.165, 1.54) is 59.9 Å². The van der Waals surface area contributed by atoms with E-state index in [9.17, 15) is 0 Å². The maximum atomic E-state index is 6.66. The first kappa shape index (κ1) is 31.4. The van der Waals surface area contributed by atoms with Crippen molar-refractivity contribution in [3.05, 3.63) is 200 Å². The van der Waals surface area contributed by atoms with Crippen molar-refractivity contribution in [2.45, 2.75) is 0 Å². The van der Waals surface area contributed by atoms with Gasteiger partial charge in [0.25, 0.3) is 0 Å². The van der Waals surface area contributed by atoms with E-state index in [1.807, 2.05) is 6.07 Å². The Labute approximate surface area is 332 Å². The Morgan fingerprint density at radius 1 is 0.276 bits per heavy atom. The van der Waals surface area contributed by atoms with Gasteiger partial charge in [0, 0.05) is 60.2 Å². The van der Waals surface area contributed by atoms with Gasteiger partial charge in [0.1, 0.15) is 5.58 Å². The topological polar surface area (TPSA) is 27.9 Å². The molecule has 0 aliphatic carbocycles. The van der Waals surface area contributed by atoms with Crippen LogP contribution in [0, 0.1) is 0 Å². The molecule has 270 valence electrons. The Hall–Kier alpha value is -7.82. The molecule has 4 aromatic heterocycles. The zero-order valence-electron chi connectivity index (χ0n) is 31.3. The monoisotopic (exact) mass is 739 g/mol. The van der Waals surface area contributed by atoms with Crippen LogP contribution in [0.1, 0.15) is 0 Å². The molecule has 0 amide bonds. The molecule has 0 unspecified atom stereocenters. The molecule has 4 heteroatoms. The summed E-state index contributed by atoms with van der Waals surface area (Å²) in [7, 11) is 0. The van der Waals surface area contributed by atoms with Crippen molar-refractivity contribution in [2.24, 2.45) is 0 Å². The van der Waals surface area contributed by atoms with Crippen molar-refractivity contribution in [2.75, 3.05) is 0 Å². The van der Waals surface area contributed by atoms with E-state index in [0.717, 1.165) is 55.6 Å². The van der Waals surface area contributed by atoms with Gasteiger partial charge in [-0.3, -0.25) is 0 Å². The van der Waals surface area contributed by atoms with Crippen LogP contribution in [-0.4, -0.2) is 13.7 Å². The maximum absolute atomic E-state index is 6.66. The molecule has 0 spiro atoms. The lowest BCUT2D eigenvalue weighted by Crippen LogP contribution is -1.98. The lowest BCUT2D eigenvalue weighted by atomic mass is 10.0. The van der Waals surface area contributed by atoms with E-state index in [2.05, 4.69) is 208 Å². The Kier molecular flexibility index (Phi) is 6.41. The molecule has 4 nitrogen and oxygen atoms in total. The van der Waals surface area contributed by atoms with Crippen molar-refractivity contribution in [3.8, 4) is 28.2 Å². The van der Waals surface area contributed by atoms with Gasteiger partial charge in [-0.05, 0) is 83.9 Å². The van der Waals surface area contributed by atoms with E-state index in [-0.39, 0.29) is 0 Å². The van der Waals surface area contributed by atoms with Crippen LogP contribution in [0.15, 0.2) is 205 Å². The third-order valence-electron chi connectivity index (χ3n) is 12.2. The molecule has 0 N–H and O–H groups in total. The minimum absolute atomic E-state index is 0.903. The molecule has 0 atom stereocenters. The van der Waals surface area contributed by atoms with Crippen molar-refractivity contribution < 1.29 is 4.42 Å². The number of furan rings is 1. The van der Waals surface area contributed by atoms with Crippen LogP contribution >= 0.6 is 0 Å². The summed E-state index contributed by atoms with van der Waals surface area (Å²) in [5.41, 5.74) is 14.5. The molecule has 0 saturated carbocycles. The summed E-state index contributed by atoms with van der Waals surface area (Å²) in [4.78, 5) is 0. The fourth-order valence-corrected chi connectivity index (χ4v) is 9.72. The summed E-state index contributed by atoms with van der Waals surface area (Å²) in [5, 5.41) is 9.56. The second-order valence-electron chi connectivity index (χ2n) is 15.3. The molecule has 9 aromatic carbocycles. The number of para-hydroxylation sites is 5. The zero-order chi connectivity index (χ0) is 37.9. The predicted molar refractivity (Wildman–Crippen MR) is 242 cm³/mol. The molecule has 13 aromatic rings. The molecule has 0 aliphatic rings. The first-order valence-electron chi connectivity index (χ1n) is 19.9. The Balaban J connectivity index is 1.11. The number of nitrogens with zero attached hydrogens (tertiary/aromatic N) is 3. The average molecular weight is 740 g/mol.